The molecule has 0 fully saturated rings. The molecule has 0 saturated carbocycles. The topological polar surface area (TPSA) is 87.7 Å². The maximum absolute atomic E-state index is 12.5. The van der Waals surface area contributed by atoms with Crippen LogP contribution in [0.1, 0.15) is 32.9 Å². The van der Waals surface area contributed by atoms with E-state index in [0.29, 0.717) is 35.5 Å². The molecule has 6 nitrogen and oxygen atoms in total. The summed E-state index contributed by atoms with van der Waals surface area (Å²) >= 11 is 1.47. The maximum atomic E-state index is 12.5. The number of carbonyl (C=O) groups excluding carboxylic acids is 1. The molecule has 3 rings (SSSR count). The van der Waals surface area contributed by atoms with Crippen LogP contribution < -0.4 is 10.9 Å². The van der Waals surface area contributed by atoms with E-state index in [1.807, 2.05) is 38.3 Å². The van der Waals surface area contributed by atoms with Crippen molar-refractivity contribution < 1.29 is 4.79 Å². The molecule has 3 heterocycles. The van der Waals surface area contributed by atoms with E-state index in [4.69, 9.17) is 0 Å². The highest BCUT2D eigenvalue weighted by molar-refractivity contribution is 7.13. The number of anilines is 1. The molecule has 0 aromatic carbocycles. The van der Waals surface area contributed by atoms with Crippen LogP contribution in [0.4, 0.5) is 5.69 Å². The van der Waals surface area contributed by atoms with Crippen molar-refractivity contribution in [2.24, 2.45) is 5.92 Å². The molecule has 140 valence electrons. The number of thiazole rings is 1. The maximum Gasteiger partial charge on any atom is 0.257 e. The summed E-state index contributed by atoms with van der Waals surface area (Å²) in [7, 11) is 0. The lowest BCUT2D eigenvalue weighted by Crippen LogP contribution is -2.19. The summed E-state index contributed by atoms with van der Waals surface area (Å²) < 4.78 is 0. The van der Waals surface area contributed by atoms with E-state index in [1.165, 1.54) is 11.3 Å². The van der Waals surface area contributed by atoms with Gasteiger partial charge in [-0.3, -0.25) is 14.6 Å². The number of aromatic amines is 1. The Labute approximate surface area is 161 Å². The first kappa shape index (κ1) is 19.0. The number of pyridine rings is 2. The summed E-state index contributed by atoms with van der Waals surface area (Å²) in [4.78, 5) is 36.2. The predicted molar refractivity (Wildman–Crippen MR) is 109 cm³/mol. The lowest BCUT2D eigenvalue weighted by Gasteiger charge is -2.12. The summed E-state index contributed by atoms with van der Waals surface area (Å²) in [6.45, 7) is 5.93. The first-order valence-corrected chi connectivity index (χ1v) is 9.78. The minimum absolute atomic E-state index is 0.0616. The summed E-state index contributed by atoms with van der Waals surface area (Å²) in [5.41, 5.74) is 3.13. The molecule has 0 aliphatic heterocycles. The van der Waals surface area contributed by atoms with Crippen molar-refractivity contribution in [2.75, 3.05) is 5.32 Å². The number of aryl methyl sites for hydroxylation is 1. The third-order valence-electron chi connectivity index (χ3n) is 4.05. The minimum Gasteiger partial charge on any atom is -0.325 e. The van der Waals surface area contributed by atoms with Gasteiger partial charge in [-0.05, 0) is 30.5 Å². The lowest BCUT2D eigenvalue weighted by atomic mass is 10.1. The van der Waals surface area contributed by atoms with E-state index in [-0.39, 0.29) is 17.4 Å². The van der Waals surface area contributed by atoms with E-state index in [1.54, 1.807) is 18.5 Å². The minimum atomic E-state index is -0.208. The molecule has 0 aliphatic rings. The number of hydrogen-bond donors (Lipinski definition) is 2. The monoisotopic (exact) mass is 382 g/mol. The number of H-pyrrole nitrogens is 1. The Balaban J connectivity index is 1.96. The number of rotatable bonds is 6. The Kier molecular flexibility index (Phi) is 5.81. The Bertz CT molecular complexity index is 993. The molecular formula is C20H22N4O2S. The molecule has 0 aliphatic carbocycles. The third kappa shape index (κ3) is 4.49. The highest BCUT2D eigenvalue weighted by atomic mass is 32.1. The molecule has 0 spiro atoms. The van der Waals surface area contributed by atoms with E-state index in [0.717, 1.165) is 10.6 Å². The second-order valence-corrected chi connectivity index (χ2v) is 7.54. The molecule has 0 unspecified atom stereocenters. The molecule has 0 bridgehead atoms. The van der Waals surface area contributed by atoms with Gasteiger partial charge in [0.2, 0.25) is 5.91 Å². The van der Waals surface area contributed by atoms with Gasteiger partial charge in [-0.2, -0.15) is 0 Å². The molecule has 1 amide bonds. The molecule has 0 radical (unpaired) electrons. The smallest absolute Gasteiger partial charge is 0.257 e. The van der Waals surface area contributed by atoms with Gasteiger partial charge in [0.15, 0.2) is 0 Å². The fourth-order valence-electron chi connectivity index (χ4n) is 2.75. The van der Waals surface area contributed by atoms with E-state index >= 15 is 0 Å². The molecule has 7 heteroatoms. The van der Waals surface area contributed by atoms with E-state index < -0.39 is 0 Å². The van der Waals surface area contributed by atoms with Crippen LogP contribution in [0, 0.1) is 5.92 Å². The normalized spacial score (nSPS) is 11.0. The summed E-state index contributed by atoms with van der Waals surface area (Å²) in [5.74, 6) is 0.201. The number of amides is 1. The summed E-state index contributed by atoms with van der Waals surface area (Å²) in [6.07, 6.45) is 4.47. The fourth-order valence-corrected chi connectivity index (χ4v) is 3.57. The number of nitrogens with one attached hydrogen (secondary N) is 2. The van der Waals surface area contributed by atoms with Gasteiger partial charge in [-0.25, -0.2) is 4.98 Å². The molecule has 2 N–H and O–H groups in total. The van der Waals surface area contributed by atoms with Gasteiger partial charge in [0.1, 0.15) is 5.01 Å². The van der Waals surface area contributed by atoms with Crippen molar-refractivity contribution in [1.29, 1.82) is 0 Å². The number of aromatic nitrogens is 3. The van der Waals surface area contributed by atoms with Crippen molar-refractivity contribution in [3.05, 3.63) is 52.0 Å². The van der Waals surface area contributed by atoms with Crippen molar-refractivity contribution in [2.45, 2.75) is 33.6 Å². The van der Waals surface area contributed by atoms with Crippen molar-refractivity contribution in [3.63, 3.8) is 0 Å². The highest BCUT2D eigenvalue weighted by Crippen LogP contribution is 2.28. The van der Waals surface area contributed by atoms with E-state index in [9.17, 15) is 9.59 Å². The van der Waals surface area contributed by atoms with Crippen LogP contribution in [-0.2, 0) is 11.2 Å². The van der Waals surface area contributed by atoms with Gasteiger partial charge in [0.05, 0.1) is 16.9 Å². The predicted octanol–water partition coefficient (Wildman–Crippen LogP) is 4.11. The van der Waals surface area contributed by atoms with Crippen molar-refractivity contribution >= 4 is 22.9 Å². The lowest BCUT2D eigenvalue weighted by molar-refractivity contribution is -0.116. The Hall–Kier alpha value is -2.80. The van der Waals surface area contributed by atoms with Gasteiger partial charge < -0.3 is 10.3 Å². The van der Waals surface area contributed by atoms with Crippen molar-refractivity contribution in [1.82, 2.24) is 15.0 Å². The summed E-state index contributed by atoms with van der Waals surface area (Å²) in [5, 5.41) is 5.60. The quantitative estimate of drug-likeness (QED) is 0.672. The average Bonchev–Trinajstić information content (AvgIpc) is 3.12. The van der Waals surface area contributed by atoms with Crippen LogP contribution >= 0.6 is 11.3 Å². The molecule has 3 aromatic rings. The molecular weight excluding hydrogens is 360 g/mol. The van der Waals surface area contributed by atoms with Gasteiger partial charge in [0.25, 0.3) is 5.56 Å². The Morgan fingerprint density at radius 2 is 2.04 bits per heavy atom. The van der Waals surface area contributed by atoms with Gasteiger partial charge >= 0.3 is 0 Å². The SMILES string of the molecule is CCc1[nH]c(=O)c(-c2csc(-c3ccncc3)n2)cc1NC(=O)CC(C)C. The molecule has 0 saturated heterocycles. The van der Waals surface area contributed by atoms with Gasteiger partial charge in [-0.15, -0.1) is 11.3 Å². The Morgan fingerprint density at radius 1 is 1.30 bits per heavy atom. The van der Waals surface area contributed by atoms with Crippen molar-refractivity contribution in [3.8, 4) is 21.8 Å². The van der Waals surface area contributed by atoms with Gasteiger partial charge in [-0.1, -0.05) is 20.8 Å². The van der Waals surface area contributed by atoms with Crippen LogP contribution in [0.2, 0.25) is 0 Å². The fraction of sp³-hybridized carbons (Fsp3) is 0.300. The molecule has 3 aromatic heterocycles. The second kappa shape index (κ2) is 8.26. The zero-order valence-corrected chi connectivity index (χ0v) is 16.4. The van der Waals surface area contributed by atoms with Crippen LogP contribution in [0.15, 0.2) is 40.8 Å². The Morgan fingerprint density at radius 3 is 2.70 bits per heavy atom. The van der Waals surface area contributed by atoms with Crippen LogP contribution in [0.3, 0.4) is 0 Å². The standard InChI is InChI=1S/C20H22N4O2S/c1-4-15-16(22-18(25)9-12(2)3)10-14(19(26)23-15)17-11-27-20(24-17)13-5-7-21-8-6-13/h5-8,10-12H,4,9H2,1-3H3,(H,22,25)(H,23,26). The average molecular weight is 382 g/mol. The number of nitrogens with zero attached hydrogens (tertiary/aromatic N) is 2. The second-order valence-electron chi connectivity index (χ2n) is 6.68. The zero-order chi connectivity index (χ0) is 19.4. The van der Waals surface area contributed by atoms with Gasteiger partial charge in [0, 0.05) is 35.5 Å². The number of carbonyl (C=O) groups is 1. The first-order valence-electron chi connectivity index (χ1n) is 8.90. The highest BCUT2D eigenvalue weighted by Gasteiger charge is 2.15. The first-order chi connectivity index (χ1) is 13.0. The van der Waals surface area contributed by atoms with Crippen LogP contribution in [0.5, 0.6) is 0 Å². The van der Waals surface area contributed by atoms with E-state index in [2.05, 4.69) is 20.3 Å². The zero-order valence-electron chi connectivity index (χ0n) is 15.6. The van der Waals surface area contributed by atoms with Crippen LogP contribution in [0.25, 0.3) is 21.8 Å². The number of hydrogen-bond acceptors (Lipinski definition) is 5. The third-order valence-corrected chi connectivity index (χ3v) is 4.94. The summed E-state index contributed by atoms with van der Waals surface area (Å²) in [6, 6.07) is 5.48. The van der Waals surface area contributed by atoms with Crippen LogP contribution in [-0.4, -0.2) is 20.9 Å². The molecule has 0 atom stereocenters. The largest absolute Gasteiger partial charge is 0.325 e. The molecule has 27 heavy (non-hydrogen) atoms.